The summed E-state index contributed by atoms with van der Waals surface area (Å²) in [5, 5.41) is 0. The van der Waals surface area contributed by atoms with Gasteiger partial charge in [0.05, 0.1) is 19.0 Å². The van der Waals surface area contributed by atoms with E-state index in [-0.39, 0.29) is 12.5 Å². The number of hydrogen-bond donors (Lipinski definition) is 0. The average molecular weight is 195 g/mol. The first-order valence-corrected chi connectivity index (χ1v) is 5.32. The molecule has 1 aliphatic rings. The van der Waals surface area contributed by atoms with Gasteiger partial charge >= 0.3 is 0 Å². The molecule has 0 bridgehead atoms. The summed E-state index contributed by atoms with van der Waals surface area (Å²) in [6.45, 7) is 1.66. The first-order chi connectivity index (χ1) is 5.67. The third kappa shape index (κ3) is 2.41. The predicted octanol–water partition coefficient (Wildman–Crippen LogP) is -0.748. The van der Waals surface area contributed by atoms with Crippen LogP contribution in [-0.2, 0) is 19.5 Å². The van der Waals surface area contributed by atoms with E-state index < -0.39 is 10.0 Å². The number of rotatable bonds is 5. The molecule has 0 spiro atoms. The minimum Gasteiger partial charge on any atom is -0.382 e. The van der Waals surface area contributed by atoms with Gasteiger partial charge in [0.2, 0.25) is 10.0 Å². The van der Waals surface area contributed by atoms with Gasteiger partial charge in [-0.05, 0) is 0 Å². The van der Waals surface area contributed by atoms with Crippen LogP contribution in [0.1, 0.15) is 0 Å². The lowest BCUT2D eigenvalue weighted by atomic mass is 10.7. The van der Waals surface area contributed by atoms with Crippen molar-refractivity contribution in [1.29, 1.82) is 0 Å². The van der Waals surface area contributed by atoms with E-state index in [9.17, 15) is 8.42 Å². The molecule has 0 aromatic heterocycles. The molecule has 0 unspecified atom stereocenters. The fourth-order valence-corrected chi connectivity index (χ4v) is 1.80. The summed E-state index contributed by atoms with van der Waals surface area (Å²) in [5.41, 5.74) is 0. The third-order valence-corrected chi connectivity index (χ3v) is 3.43. The number of hydrogen-bond acceptors (Lipinski definition) is 4. The Balaban J connectivity index is 2.09. The average Bonchev–Trinajstić information content (AvgIpc) is 2.02. The lowest BCUT2D eigenvalue weighted by Gasteiger charge is -2.29. The summed E-state index contributed by atoms with van der Waals surface area (Å²) >= 11 is 0. The minimum absolute atomic E-state index is 0.158. The highest BCUT2D eigenvalue weighted by molar-refractivity contribution is 7.90. The molecule has 72 valence electrons. The van der Waals surface area contributed by atoms with Gasteiger partial charge < -0.3 is 9.47 Å². The number of nitrogens with zero attached hydrogens (tertiary/aromatic N) is 1. The predicted molar refractivity (Wildman–Crippen MR) is 43.2 cm³/mol. The van der Waals surface area contributed by atoms with Gasteiger partial charge in [0.15, 0.2) is 0 Å². The Morgan fingerprint density at radius 1 is 1.42 bits per heavy atom. The second-order valence-electron chi connectivity index (χ2n) is 2.52. The van der Waals surface area contributed by atoms with Crippen LogP contribution >= 0.6 is 0 Å². The van der Waals surface area contributed by atoms with E-state index in [2.05, 4.69) is 0 Å². The SMILES string of the molecule is COCCOCN1CCS1(=O)=O. The Morgan fingerprint density at radius 2 is 2.17 bits per heavy atom. The number of ether oxygens (including phenoxy) is 2. The lowest BCUT2D eigenvalue weighted by Crippen LogP contribution is -2.48. The van der Waals surface area contributed by atoms with Gasteiger partial charge in [-0.1, -0.05) is 0 Å². The molecule has 5 nitrogen and oxygen atoms in total. The monoisotopic (exact) mass is 195 g/mol. The zero-order chi connectivity index (χ0) is 9.03. The smallest absolute Gasteiger partial charge is 0.217 e. The molecule has 1 saturated heterocycles. The van der Waals surface area contributed by atoms with Crippen molar-refractivity contribution in [2.24, 2.45) is 0 Å². The van der Waals surface area contributed by atoms with Crippen LogP contribution in [0.25, 0.3) is 0 Å². The van der Waals surface area contributed by atoms with Crippen molar-refractivity contribution in [2.45, 2.75) is 0 Å². The highest BCUT2D eigenvalue weighted by Crippen LogP contribution is 2.11. The van der Waals surface area contributed by atoms with Crippen molar-refractivity contribution in [3.8, 4) is 0 Å². The van der Waals surface area contributed by atoms with Gasteiger partial charge in [0.25, 0.3) is 0 Å². The first kappa shape index (κ1) is 9.91. The summed E-state index contributed by atoms with van der Waals surface area (Å²) in [7, 11) is -1.37. The molecule has 1 heterocycles. The number of methoxy groups -OCH3 is 1. The fraction of sp³-hybridized carbons (Fsp3) is 1.00. The molecule has 0 radical (unpaired) electrons. The lowest BCUT2D eigenvalue weighted by molar-refractivity contribution is 0.0298. The van der Waals surface area contributed by atoms with Crippen molar-refractivity contribution >= 4 is 10.0 Å². The quantitative estimate of drug-likeness (QED) is 0.542. The van der Waals surface area contributed by atoms with Gasteiger partial charge in [-0.25, -0.2) is 8.42 Å². The van der Waals surface area contributed by atoms with Crippen molar-refractivity contribution in [3.63, 3.8) is 0 Å². The fourth-order valence-electron chi connectivity index (χ4n) is 0.823. The van der Waals surface area contributed by atoms with Crippen LogP contribution in [0.5, 0.6) is 0 Å². The number of sulfonamides is 1. The molecule has 1 fully saturated rings. The van der Waals surface area contributed by atoms with E-state index in [4.69, 9.17) is 9.47 Å². The highest BCUT2D eigenvalue weighted by atomic mass is 32.2. The Labute approximate surface area is 72.3 Å². The Bertz CT molecular complexity index is 226. The first-order valence-electron chi connectivity index (χ1n) is 3.71. The maximum Gasteiger partial charge on any atom is 0.217 e. The van der Waals surface area contributed by atoms with Crippen molar-refractivity contribution < 1.29 is 17.9 Å². The van der Waals surface area contributed by atoms with Crippen LogP contribution in [0.2, 0.25) is 0 Å². The molecule has 1 rings (SSSR count). The van der Waals surface area contributed by atoms with Gasteiger partial charge in [-0.15, -0.1) is 0 Å². The van der Waals surface area contributed by atoms with E-state index in [1.165, 1.54) is 4.31 Å². The Morgan fingerprint density at radius 3 is 2.58 bits per heavy atom. The highest BCUT2D eigenvalue weighted by Gasteiger charge is 2.31. The topological polar surface area (TPSA) is 55.8 Å². The van der Waals surface area contributed by atoms with Crippen molar-refractivity contribution in [1.82, 2.24) is 4.31 Å². The van der Waals surface area contributed by atoms with E-state index in [1.807, 2.05) is 0 Å². The van der Waals surface area contributed by atoms with E-state index in [1.54, 1.807) is 7.11 Å². The second-order valence-corrected chi connectivity index (χ2v) is 4.61. The van der Waals surface area contributed by atoms with Gasteiger partial charge in [-0.2, -0.15) is 4.31 Å². The van der Waals surface area contributed by atoms with Crippen molar-refractivity contribution in [2.75, 3.05) is 39.4 Å². The van der Waals surface area contributed by atoms with Crippen LogP contribution in [0.3, 0.4) is 0 Å². The van der Waals surface area contributed by atoms with Crippen LogP contribution < -0.4 is 0 Å². The molecule has 0 N–H and O–H groups in total. The zero-order valence-electron chi connectivity index (χ0n) is 7.02. The molecule has 0 aromatic rings. The molecule has 0 aromatic carbocycles. The molecule has 0 amide bonds. The maximum atomic E-state index is 10.9. The van der Waals surface area contributed by atoms with Crippen LogP contribution in [0.15, 0.2) is 0 Å². The second kappa shape index (κ2) is 4.18. The molecular weight excluding hydrogens is 182 g/mol. The normalized spacial score (nSPS) is 22.1. The summed E-state index contributed by atoms with van der Waals surface area (Å²) in [4.78, 5) is 0. The molecule has 12 heavy (non-hydrogen) atoms. The van der Waals surface area contributed by atoms with E-state index in [0.29, 0.717) is 19.8 Å². The molecule has 6 heteroatoms. The summed E-state index contributed by atoms with van der Waals surface area (Å²) in [6.07, 6.45) is 0. The van der Waals surface area contributed by atoms with Gasteiger partial charge in [0, 0.05) is 13.7 Å². The van der Waals surface area contributed by atoms with Crippen LogP contribution in [0, 0.1) is 0 Å². The molecule has 0 aliphatic carbocycles. The zero-order valence-corrected chi connectivity index (χ0v) is 7.84. The summed E-state index contributed by atoms with van der Waals surface area (Å²) in [6, 6.07) is 0. The molecule has 0 atom stereocenters. The summed E-state index contributed by atoms with van der Waals surface area (Å²) < 4.78 is 32.9. The van der Waals surface area contributed by atoms with E-state index in [0.717, 1.165) is 0 Å². The Kier molecular flexibility index (Phi) is 3.45. The van der Waals surface area contributed by atoms with Crippen LogP contribution in [0.4, 0.5) is 0 Å². The van der Waals surface area contributed by atoms with E-state index >= 15 is 0 Å². The molecule has 1 aliphatic heterocycles. The van der Waals surface area contributed by atoms with Crippen molar-refractivity contribution in [3.05, 3.63) is 0 Å². The molecular formula is C6H13NO4S. The Hall–Kier alpha value is -0.170. The maximum absolute atomic E-state index is 10.9. The third-order valence-electron chi connectivity index (χ3n) is 1.66. The van der Waals surface area contributed by atoms with Gasteiger partial charge in [0.1, 0.15) is 6.73 Å². The standard InChI is InChI=1S/C6H13NO4S/c1-10-3-4-11-6-7-2-5-12(7,8)9/h2-6H2,1H3. The summed E-state index contributed by atoms with van der Waals surface area (Å²) in [5.74, 6) is 0.251. The minimum atomic E-state index is -2.94. The largest absolute Gasteiger partial charge is 0.382 e. The molecule has 0 saturated carbocycles. The van der Waals surface area contributed by atoms with Gasteiger partial charge in [-0.3, -0.25) is 0 Å². The van der Waals surface area contributed by atoms with Crippen LogP contribution in [-0.4, -0.2) is 52.1 Å².